The molecule has 1 aromatic carbocycles. The maximum absolute atomic E-state index is 11.6. The van der Waals surface area contributed by atoms with Gasteiger partial charge in [-0.1, -0.05) is 25.8 Å². The minimum Gasteiger partial charge on any atom is -0.496 e. The molecule has 0 saturated heterocycles. The van der Waals surface area contributed by atoms with Crippen molar-refractivity contribution in [2.45, 2.75) is 39.5 Å². The summed E-state index contributed by atoms with van der Waals surface area (Å²) in [6.45, 7) is 8.13. The van der Waals surface area contributed by atoms with Crippen LogP contribution in [0.2, 0.25) is 0 Å². The zero-order valence-electron chi connectivity index (χ0n) is 12.7. The van der Waals surface area contributed by atoms with Gasteiger partial charge in [-0.3, -0.25) is 4.79 Å². The number of carbonyl (C=O) groups excluding carboxylic acids is 1. The molecule has 0 bridgehead atoms. The fourth-order valence-electron chi connectivity index (χ4n) is 2.03. The number of methoxy groups -OCH3 is 1. The van der Waals surface area contributed by atoms with Crippen LogP contribution in [-0.4, -0.2) is 19.5 Å². The average molecular weight is 276 g/mol. The first-order chi connectivity index (χ1) is 9.63. The lowest BCUT2D eigenvalue weighted by atomic mass is 10.0. The van der Waals surface area contributed by atoms with E-state index in [9.17, 15) is 4.79 Å². The Balaban J connectivity index is 3.00. The molecule has 110 valence electrons. The van der Waals surface area contributed by atoms with Gasteiger partial charge in [0.2, 0.25) is 0 Å². The third-order valence-corrected chi connectivity index (χ3v) is 3.13. The van der Waals surface area contributed by atoms with Crippen LogP contribution in [-0.2, 0) is 6.42 Å². The summed E-state index contributed by atoms with van der Waals surface area (Å²) in [6.07, 6.45) is 5.83. The Morgan fingerprint density at radius 2 is 2.05 bits per heavy atom. The van der Waals surface area contributed by atoms with Crippen molar-refractivity contribution in [3.63, 3.8) is 0 Å². The predicted molar refractivity (Wildman–Crippen MR) is 81.9 cm³/mol. The van der Waals surface area contributed by atoms with Crippen LogP contribution >= 0.6 is 0 Å². The third kappa shape index (κ3) is 4.41. The Bertz CT molecular complexity index is 464. The Morgan fingerprint density at radius 1 is 1.30 bits per heavy atom. The molecule has 0 unspecified atom stereocenters. The van der Waals surface area contributed by atoms with E-state index in [4.69, 9.17) is 9.47 Å². The van der Waals surface area contributed by atoms with Gasteiger partial charge in [0, 0.05) is 6.07 Å². The number of carbonyl (C=O) groups is 1. The van der Waals surface area contributed by atoms with E-state index in [0.717, 1.165) is 30.6 Å². The maximum Gasteiger partial charge on any atom is 0.163 e. The lowest BCUT2D eigenvalue weighted by molar-refractivity contribution is 0.101. The van der Waals surface area contributed by atoms with Gasteiger partial charge in [-0.05, 0) is 31.4 Å². The monoisotopic (exact) mass is 276 g/mol. The van der Waals surface area contributed by atoms with Gasteiger partial charge in [0.15, 0.2) is 5.78 Å². The molecule has 0 aliphatic rings. The standard InChI is InChI=1S/C17H24O3/c1-5-7-8-10-20-16-12-17(19-4)15(13(3)18)11-14(16)9-6-2/h6,11-12H,2,5,7-10H2,1,3-4H3. The minimum atomic E-state index is -0.00954. The van der Waals surface area contributed by atoms with Crippen LogP contribution in [0.25, 0.3) is 0 Å². The number of hydrogen-bond acceptors (Lipinski definition) is 3. The highest BCUT2D eigenvalue weighted by Crippen LogP contribution is 2.30. The number of hydrogen-bond donors (Lipinski definition) is 0. The smallest absolute Gasteiger partial charge is 0.163 e. The van der Waals surface area contributed by atoms with E-state index in [1.54, 1.807) is 7.11 Å². The summed E-state index contributed by atoms with van der Waals surface area (Å²) in [7, 11) is 1.57. The maximum atomic E-state index is 11.6. The third-order valence-electron chi connectivity index (χ3n) is 3.13. The van der Waals surface area contributed by atoms with Crippen LogP contribution in [0.15, 0.2) is 24.8 Å². The lowest BCUT2D eigenvalue weighted by Crippen LogP contribution is -2.04. The van der Waals surface area contributed by atoms with Gasteiger partial charge in [-0.25, -0.2) is 0 Å². The first-order valence-corrected chi connectivity index (χ1v) is 7.09. The van der Waals surface area contributed by atoms with Crippen LogP contribution in [0.5, 0.6) is 11.5 Å². The van der Waals surface area contributed by atoms with Gasteiger partial charge in [0.05, 0.1) is 19.3 Å². The molecule has 0 aromatic heterocycles. The van der Waals surface area contributed by atoms with Gasteiger partial charge in [-0.2, -0.15) is 0 Å². The van der Waals surface area contributed by atoms with Crippen molar-refractivity contribution in [2.75, 3.05) is 13.7 Å². The fraction of sp³-hybridized carbons (Fsp3) is 0.471. The second-order valence-corrected chi connectivity index (χ2v) is 4.76. The highest BCUT2D eigenvalue weighted by molar-refractivity contribution is 5.97. The summed E-state index contributed by atoms with van der Waals surface area (Å²) >= 11 is 0. The Kier molecular flexibility index (Phi) is 6.85. The van der Waals surface area contributed by atoms with Crippen LogP contribution in [0.3, 0.4) is 0 Å². The van der Waals surface area contributed by atoms with E-state index >= 15 is 0 Å². The number of unbranched alkanes of at least 4 members (excludes halogenated alkanes) is 2. The average Bonchev–Trinajstić information content (AvgIpc) is 2.44. The molecule has 20 heavy (non-hydrogen) atoms. The molecule has 0 aliphatic carbocycles. The highest BCUT2D eigenvalue weighted by Gasteiger charge is 2.14. The zero-order valence-corrected chi connectivity index (χ0v) is 12.7. The van der Waals surface area contributed by atoms with E-state index in [2.05, 4.69) is 13.5 Å². The largest absolute Gasteiger partial charge is 0.496 e. The summed E-state index contributed by atoms with van der Waals surface area (Å²) < 4.78 is 11.1. The quantitative estimate of drug-likeness (QED) is 0.385. The number of allylic oxidation sites excluding steroid dienone is 1. The van der Waals surface area contributed by atoms with Crippen molar-refractivity contribution in [2.24, 2.45) is 0 Å². The number of ketones is 1. The van der Waals surface area contributed by atoms with Crippen LogP contribution < -0.4 is 9.47 Å². The molecule has 0 radical (unpaired) electrons. The summed E-state index contributed by atoms with van der Waals surface area (Å²) in [5.41, 5.74) is 1.56. The molecule has 1 aromatic rings. The van der Waals surface area contributed by atoms with Gasteiger partial charge in [0.1, 0.15) is 11.5 Å². The first-order valence-electron chi connectivity index (χ1n) is 7.09. The Hall–Kier alpha value is -1.77. The van der Waals surface area contributed by atoms with Crippen molar-refractivity contribution in [3.05, 3.63) is 35.9 Å². The van der Waals surface area contributed by atoms with Crippen molar-refractivity contribution in [1.82, 2.24) is 0 Å². The van der Waals surface area contributed by atoms with Crippen molar-refractivity contribution >= 4 is 5.78 Å². The summed E-state index contributed by atoms with van der Waals surface area (Å²) in [6, 6.07) is 3.65. The minimum absolute atomic E-state index is 0.00954. The van der Waals surface area contributed by atoms with Crippen LogP contribution in [0.4, 0.5) is 0 Å². The van der Waals surface area contributed by atoms with E-state index in [1.807, 2.05) is 18.2 Å². The number of benzene rings is 1. The summed E-state index contributed by atoms with van der Waals surface area (Å²) in [5.74, 6) is 1.34. The molecule has 0 aliphatic heterocycles. The highest BCUT2D eigenvalue weighted by atomic mass is 16.5. The number of rotatable bonds is 9. The molecule has 0 N–H and O–H groups in total. The molecule has 0 heterocycles. The van der Waals surface area contributed by atoms with Crippen molar-refractivity contribution in [1.29, 1.82) is 0 Å². The zero-order chi connectivity index (χ0) is 15.0. The fourth-order valence-corrected chi connectivity index (χ4v) is 2.03. The van der Waals surface area contributed by atoms with Crippen LogP contribution in [0, 0.1) is 0 Å². The molecule has 0 amide bonds. The molecular weight excluding hydrogens is 252 g/mol. The Morgan fingerprint density at radius 3 is 2.60 bits per heavy atom. The van der Waals surface area contributed by atoms with Crippen molar-refractivity contribution < 1.29 is 14.3 Å². The number of ether oxygens (including phenoxy) is 2. The molecule has 0 saturated carbocycles. The second kappa shape index (κ2) is 8.41. The normalized spacial score (nSPS) is 10.2. The van der Waals surface area contributed by atoms with E-state index < -0.39 is 0 Å². The summed E-state index contributed by atoms with van der Waals surface area (Å²) in [4.78, 5) is 11.6. The van der Waals surface area contributed by atoms with Gasteiger partial charge < -0.3 is 9.47 Å². The van der Waals surface area contributed by atoms with Gasteiger partial charge in [0.25, 0.3) is 0 Å². The molecule has 0 spiro atoms. The Labute approximate surface area is 121 Å². The molecule has 1 rings (SSSR count). The lowest BCUT2D eigenvalue weighted by Gasteiger charge is -2.14. The van der Waals surface area contributed by atoms with E-state index in [0.29, 0.717) is 24.3 Å². The van der Waals surface area contributed by atoms with E-state index in [-0.39, 0.29) is 5.78 Å². The SMILES string of the molecule is C=CCc1cc(C(C)=O)c(OC)cc1OCCCCC. The van der Waals surface area contributed by atoms with E-state index in [1.165, 1.54) is 6.92 Å². The van der Waals surface area contributed by atoms with Gasteiger partial charge in [-0.15, -0.1) is 6.58 Å². The molecule has 0 atom stereocenters. The summed E-state index contributed by atoms with van der Waals surface area (Å²) in [5, 5.41) is 0. The molecule has 3 heteroatoms. The predicted octanol–water partition coefficient (Wildman–Crippen LogP) is 4.20. The molecule has 0 fully saturated rings. The van der Waals surface area contributed by atoms with Gasteiger partial charge >= 0.3 is 0 Å². The van der Waals surface area contributed by atoms with Crippen molar-refractivity contribution in [3.8, 4) is 11.5 Å². The topological polar surface area (TPSA) is 35.5 Å². The first kappa shape index (κ1) is 16.3. The molecule has 3 nitrogen and oxygen atoms in total. The second-order valence-electron chi connectivity index (χ2n) is 4.76. The molecular formula is C17H24O3. The van der Waals surface area contributed by atoms with Crippen LogP contribution in [0.1, 0.15) is 49.0 Å². The number of Topliss-reactive ketones (excluding diaryl/α,β-unsaturated/α-hetero) is 1.